The van der Waals surface area contributed by atoms with Gasteiger partial charge in [-0.1, -0.05) is 32.9 Å². The molecule has 0 saturated heterocycles. The van der Waals surface area contributed by atoms with Crippen LogP contribution in [0, 0.1) is 22.7 Å². The number of carbonyl (C=O) groups is 1. The molecule has 0 spiro atoms. The van der Waals surface area contributed by atoms with Crippen LogP contribution in [-0.2, 0) is 19.6 Å². The zero-order valence-electron chi connectivity index (χ0n) is 16.3. The predicted molar refractivity (Wildman–Crippen MR) is 101 cm³/mol. The van der Waals surface area contributed by atoms with Gasteiger partial charge in [0.2, 0.25) is 0 Å². The molecule has 0 aromatic rings. The summed E-state index contributed by atoms with van der Waals surface area (Å²) in [5.74, 6) is -0.639. The highest BCUT2D eigenvalue weighted by Gasteiger charge is 2.57. The first-order valence-corrected chi connectivity index (χ1v) is 11.1. The van der Waals surface area contributed by atoms with E-state index in [0.29, 0.717) is 6.42 Å². The smallest absolute Gasteiger partial charge is 0.335 e. The van der Waals surface area contributed by atoms with Gasteiger partial charge in [-0.05, 0) is 60.8 Å². The SMILES string of the molecule is C=C1CC[C@@H]2C(C)(C)[C@H](O)CC[C@@]2(C)[C@H]1C[C@@H](C1=CCOC1=O)S(=O)(=O)O. The number of carbonyl (C=O) groups excluding carboxylic acids is 1. The molecule has 0 amide bonds. The molecule has 2 fully saturated rings. The lowest BCUT2D eigenvalue weighted by atomic mass is 9.46. The van der Waals surface area contributed by atoms with Crippen LogP contribution in [0.3, 0.4) is 0 Å². The van der Waals surface area contributed by atoms with E-state index in [0.717, 1.165) is 24.8 Å². The molecule has 0 aromatic heterocycles. The number of aliphatic hydroxyl groups excluding tert-OH is 1. The number of cyclic esters (lactones) is 1. The maximum atomic E-state index is 12.1. The minimum atomic E-state index is -4.47. The predicted octanol–water partition coefficient (Wildman–Crippen LogP) is 2.89. The summed E-state index contributed by atoms with van der Waals surface area (Å²) in [5, 5.41) is 9.23. The Balaban J connectivity index is 1.98. The van der Waals surface area contributed by atoms with Gasteiger partial charge in [-0.2, -0.15) is 8.42 Å². The summed E-state index contributed by atoms with van der Waals surface area (Å²) in [6.45, 7) is 10.5. The zero-order chi connectivity index (χ0) is 20.2. The summed E-state index contributed by atoms with van der Waals surface area (Å²) < 4.78 is 39.0. The monoisotopic (exact) mass is 398 g/mol. The van der Waals surface area contributed by atoms with Crippen molar-refractivity contribution >= 4 is 16.1 Å². The third kappa shape index (κ3) is 3.38. The highest BCUT2D eigenvalue weighted by Crippen LogP contribution is 2.62. The topological polar surface area (TPSA) is 101 Å². The average Bonchev–Trinajstić information content (AvgIpc) is 2.95. The number of hydrogen-bond donors (Lipinski definition) is 2. The minimum Gasteiger partial charge on any atom is -0.458 e. The Kier molecular flexibility index (Phi) is 5.11. The summed E-state index contributed by atoms with van der Waals surface area (Å²) in [6, 6.07) is 0. The fourth-order valence-electron chi connectivity index (χ4n) is 5.86. The van der Waals surface area contributed by atoms with Crippen LogP contribution >= 0.6 is 0 Å². The molecule has 3 rings (SSSR count). The van der Waals surface area contributed by atoms with E-state index in [1.165, 1.54) is 6.08 Å². The molecule has 1 aliphatic heterocycles. The van der Waals surface area contributed by atoms with Crippen LogP contribution in [0.2, 0.25) is 0 Å². The summed E-state index contributed by atoms with van der Waals surface area (Å²) in [5.41, 5.74) is 0.447. The van der Waals surface area contributed by atoms with Gasteiger partial charge >= 0.3 is 5.97 Å². The maximum absolute atomic E-state index is 12.1. The van der Waals surface area contributed by atoms with Crippen LogP contribution in [0.5, 0.6) is 0 Å². The van der Waals surface area contributed by atoms with E-state index in [1.807, 2.05) is 0 Å². The number of hydrogen-bond acceptors (Lipinski definition) is 5. The molecule has 6 nitrogen and oxygen atoms in total. The van der Waals surface area contributed by atoms with Crippen molar-refractivity contribution in [1.29, 1.82) is 0 Å². The lowest BCUT2D eigenvalue weighted by molar-refractivity contribution is -0.136. The van der Waals surface area contributed by atoms with E-state index in [-0.39, 0.29) is 41.3 Å². The molecule has 27 heavy (non-hydrogen) atoms. The van der Waals surface area contributed by atoms with Gasteiger partial charge in [0.15, 0.2) is 0 Å². The van der Waals surface area contributed by atoms with Crippen LogP contribution < -0.4 is 0 Å². The van der Waals surface area contributed by atoms with Gasteiger partial charge in [0.1, 0.15) is 11.9 Å². The molecule has 5 atom stereocenters. The fourth-order valence-corrected chi connectivity index (χ4v) is 6.81. The molecule has 0 radical (unpaired) electrons. The molecule has 1 heterocycles. The Morgan fingerprint density at radius 2 is 2.00 bits per heavy atom. The van der Waals surface area contributed by atoms with Gasteiger partial charge < -0.3 is 9.84 Å². The molecule has 2 aliphatic carbocycles. The molecular formula is C20H30O6S. The van der Waals surface area contributed by atoms with E-state index in [1.54, 1.807) is 0 Å². The third-order valence-electron chi connectivity index (χ3n) is 7.46. The Bertz CT molecular complexity index is 780. The van der Waals surface area contributed by atoms with E-state index >= 15 is 0 Å². The van der Waals surface area contributed by atoms with E-state index in [4.69, 9.17) is 4.74 Å². The van der Waals surface area contributed by atoms with Crippen molar-refractivity contribution in [2.75, 3.05) is 6.61 Å². The third-order valence-corrected chi connectivity index (χ3v) is 8.63. The van der Waals surface area contributed by atoms with Gasteiger partial charge in [-0.3, -0.25) is 4.55 Å². The molecule has 2 saturated carbocycles. The van der Waals surface area contributed by atoms with Crippen molar-refractivity contribution in [2.45, 2.75) is 64.2 Å². The molecule has 7 heteroatoms. The molecule has 3 aliphatic rings. The van der Waals surface area contributed by atoms with Crippen LogP contribution in [-0.4, -0.2) is 42.0 Å². The van der Waals surface area contributed by atoms with Crippen molar-refractivity contribution < 1.29 is 27.6 Å². The Labute approximate surface area is 161 Å². The van der Waals surface area contributed by atoms with E-state index < -0.39 is 27.4 Å². The van der Waals surface area contributed by atoms with E-state index in [2.05, 4.69) is 27.4 Å². The van der Waals surface area contributed by atoms with Crippen molar-refractivity contribution in [2.24, 2.45) is 22.7 Å². The van der Waals surface area contributed by atoms with Gasteiger partial charge in [0.05, 0.1) is 11.7 Å². The normalized spacial score (nSPS) is 37.4. The number of esters is 1. The van der Waals surface area contributed by atoms with Gasteiger partial charge in [0.25, 0.3) is 10.1 Å². The first-order valence-electron chi connectivity index (χ1n) is 9.58. The second-order valence-electron chi connectivity index (χ2n) is 9.18. The van der Waals surface area contributed by atoms with Crippen LogP contribution in [0.4, 0.5) is 0 Å². The van der Waals surface area contributed by atoms with Crippen molar-refractivity contribution in [1.82, 2.24) is 0 Å². The number of fused-ring (bicyclic) bond motifs is 1. The first-order chi connectivity index (χ1) is 12.4. The van der Waals surface area contributed by atoms with Crippen molar-refractivity contribution in [3.63, 3.8) is 0 Å². The zero-order valence-corrected chi connectivity index (χ0v) is 17.1. The van der Waals surface area contributed by atoms with Crippen LogP contribution in [0.25, 0.3) is 0 Å². The highest BCUT2D eigenvalue weighted by atomic mass is 32.2. The van der Waals surface area contributed by atoms with Crippen LogP contribution in [0.1, 0.15) is 52.9 Å². The fraction of sp³-hybridized carbons (Fsp3) is 0.750. The second-order valence-corrected chi connectivity index (χ2v) is 10.8. The van der Waals surface area contributed by atoms with E-state index in [9.17, 15) is 22.9 Å². The van der Waals surface area contributed by atoms with Gasteiger partial charge in [-0.15, -0.1) is 0 Å². The lowest BCUT2D eigenvalue weighted by Crippen LogP contribution is -2.55. The molecule has 0 unspecified atom stereocenters. The number of allylic oxidation sites excluding steroid dienone is 1. The van der Waals surface area contributed by atoms with Crippen LogP contribution in [0.15, 0.2) is 23.8 Å². The largest absolute Gasteiger partial charge is 0.458 e. The van der Waals surface area contributed by atoms with Crippen molar-refractivity contribution in [3.05, 3.63) is 23.8 Å². The van der Waals surface area contributed by atoms with Gasteiger partial charge in [-0.25, -0.2) is 4.79 Å². The Hall–Kier alpha value is -1.18. The summed E-state index contributed by atoms with van der Waals surface area (Å²) >= 11 is 0. The molecule has 152 valence electrons. The summed E-state index contributed by atoms with van der Waals surface area (Å²) in [7, 11) is -4.47. The average molecular weight is 399 g/mol. The van der Waals surface area contributed by atoms with Crippen molar-refractivity contribution in [3.8, 4) is 0 Å². The first kappa shape index (κ1) is 20.6. The quantitative estimate of drug-likeness (QED) is 0.429. The summed E-state index contributed by atoms with van der Waals surface area (Å²) in [4.78, 5) is 12.0. The maximum Gasteiger partial charge on any atom is 0.335 e. The molecule has 0 bridgehead atoms. The molecule has 2 N–H and O–H groups in total. The molecular weight excluding hydrogens is 368 g/mol. The van der Waals surface area contributed by atoms with Gasteiger partial charge in [0, 0.05) is 0 Å². The molecule has 0 aromatic carbocycles. The number of aliphatic hydroxyl groups is 1. The standard InChI is InChI=1S/C20H30O6S/c1-12-5-6-16-19(2,3)17(21)7-9-20(16,4)14(12)11-15(27(23,24)25)13-8-10-26-18(13)22/h8,14-17,21H,1,5-7,9-11H2,2-4H3,(H,23,24,25)/t14-,15-,16+,17+,20-/m0/s1. The highest BCUT2D eigenvalue weighted by molar-refractivity contribution is 7.86. The Morgan fingerprint density at radius 1 is 1.33 bits per heavy atom. The number of ether oxygens (including phenoxy) is 1. The Morgan fingerprint density at radius 3 is 2.56 bits per heavy atom. The number of rotatable bonds is 4. The second kappa shape index (κ2) is 6.71. The minimum absolute atomic E-state index is 0.0196. The summed E-state index contributed by atoms with van der Waals surface area (Å²) in [6.07, 6.45) is 4.21. The lowest BCUT2D eigenvalue weighted by Gasteiger charge is -2.59.